The number of nitro benzene ring substituents is 1. The van der Waals surface area contributed by atoms with Gasteiger partial charge >= 0.3 is 0 Å². The number of nitrogens with zero attached hydrogens (tertiary/aromatic N) is 4. The molecular weight excluding hydrogens is 340 g/mol. The summed E-state index contributed by atoms with van der Waals surface area (Å²) in [5.41, 5.74) is -0.0536. The topological polar surface area (TPSA) is 111 Å². The molecule has 0 aliphatic carbocycles. The third kappa shape index (κ3) is 4.55. The molecule has 108 valence electrons. The number of halogens is 1. The van der Waals surface area contributed by atoms with Crippen LogP contribution in [-0.4, -0.2) is 28.8 Å². The number of rotatable bonds is 6. The van der Waals surface area contributed by atoms with E-state index in [0.717, 1.165) is 0 Å². The summed E-state index contributed by atoms with van der Waals surface area (Å²) in [5, 5.41) is 28.1. The zero-order valence-corrected chi connectivity index (χ0v) is 12.5. The molecule has 0 aliphatic rings. The maximum Gasteiger partial charge on any atom is 0.284 e. The summed E-state index contributed by atoms with van der Waals surface area (Å²) in [6.07, 6.45) is 0.269. The van der Waals surface area contributed by atoms with Gasteiger partial charge in [0.15, 0.2) is 0 Å². The Kier molecular flexibility index (Phi) is 6.31. The molecule has 21 heavy (non-hydrogen) atoms. The number of hydrogen-bond donors (Lipinski definition) is 0. The Hall–Kier alpha value is -2.45. The lowest BCUT2D eigenvalue weighted by Crippen LogP contribution is -2.32. The first-order chi connectivity index (χ1) is 10.0. The molecule has 0 aliphatic heterocycles. The lowest BCUT2D eigenvalue weighted by atomic mass is 10.1. The average molecular weight is 351 g/mol. The highest BCUT2D eigenvalue weighted by Crippen LogP contribution is 2.26. The van der Waals surface area contributed by atoms with Crippen molar-refractivity contribution in [2.45, 2.75) is 12.8 Å². The van der Waals surface area contributed by atoms with Crippen molar-refractivity contribution in [2.24, 2.45) is 0 Å². The van der Waals surface area contributed by atoms with Crippen molar-refractivity contribution in [2.75, 3.05) is 13.1 Å². The molecule has 0 atom stereocenters. The third-order valence-electron chi connectivity index (χ3n) is 2.66. The van der Waals surface area contributed by atoms with Crippen molar-refractivity contribution in [1.29, 1.82) is 10.5 Å². The SMILES string of the molecule is N#CCCN(CCC#N)C(=O)c1ccc(Br)c([N+](=O)[O-])c1. The zero-order chi connectivity index (χ0) is 15.8. The van der Waals surface area contributed by atoms with E-state index in [-0.39, 0.29) is 41.7 Å². The van der Waals surface area contributed by atoms with Crippen molar-refractivity contribution >= 4 is 27.5 Å². The van der Waals surface area contributed by atoms with E-state index in [1.54, 1.807) is 0 Å². The van der Waals surface area contributed by atoms with Crippen LogP contribution in [0.25, 0.3) is 0 Å². The Morgan fingerprint density at radius 2 is 1.86 bits per heavy atom. The van der Waals surface area contributed by atoms with E-state index in [9.17, 15) is 14.9 Å². The van der Waals surface area contributed by atoms with Gasteiger partial charge in [0, 0.05) is 24.7 Å². The lowest BCUT2D eigenvalue weighted by Gasteiger charge is -2.20. The van der Waals surface area contributed by atoms with Gasteiger partial charge in [-0.05, 0) is 28.1 Å². The largest absolute Gasteiger partial charge is 0.337 e. The predicted molar refractivity (Wildman–Crippen MR) is 77.2 cm³/mol. The van der Waals surface area contributed by atoms with Crippen LogP contribution < -0.4 is 0 Å². The highest BCUT2D eigenvalue weighted by atomic mass is 79.9. The summed E-state index contributed by atoms with van der Waals surface area (Å²) in [4.78, 5) is 23.9. The first-order valence-electron chi connectivity index (χ1n) is 5.98. The molecule has 0 saturated heterocycles. The number of carbonyl (C=O) groups excluding carboxylic acids is 1. The van der Waals surface area contributed by atoms with Gasteiger partial charge in [-0.1, -0.05) is 0 Å². The van der Waals surface area contributed by atoms with Crippen molar-refractivity contribution in [3.8, 4) is 12.1 Å². The first kappa shape index (κ1) is 16.6. The quantitative estimate of drug-likeness (QED) is 0.578. The summed E-state index contributed by atoms with van der Waals surface area (Å²) < 4.78 is 0.282. The Morgan fingerprint density at radius 3 is 2.33 bits per heavy atom. The van der Waals surface area contributed by atoms with E-state index in [0.29, 0.717) is 0 Å². The Bertz CT molecular complexity index is 615. The molecule has 8 heteroatoms. The maximum absolute atomic E-state index is 12.3. The second kappa shape index (κ2) is 7.98. The third-order valence-corrected chi connectivity index (χ3v) is 3.33. The van der Waals surface area contributed by atoms with Crippen LogP contribution in [0.15, 0.2) is 22.7 Å². The van der Waals surface area contributed by atoms with Crippen LogP contribution in [0.5, 0.6) is 0 Å². The molecule has 0 N–H and O–H groups in total. The van der Waals surface area contributed by atoms with Crippen LogP contribution in [0.4, 0.5) is 5.69 Å². The minimum absolute atomic E-state index is 0.135. The van der Waals surface area contributed by atoms with Crippen molar-refractivity contribution < 1.29 is 9.72 Å². The summed E-state index contributed by atoms with van der Waals surface area (Å²) in [6.45, 7) is 0.363. The van der Waals surface area contributed by atoms with E-state index in [4.69, 9.17) is 10.5 Å². The Morgan fingerprint density at radius 1 is 1.29 bits per heavy atom. The molecule has 0 radical (unpaired) electrons. The van der Waals surface area contributed by atoms with Crippen LogP contribution in [0.1, 0.15) is 23.2 Å². The standard InChI is InChI=1S/C13H11BrN4O3/c14-11-4-3-10(9-12(11)18(20)21)13(19)17(7-1-5-15)8-2-6-16/h3-4,9H,1-2,7-8H2. The molecule has 0 heterocycles. The molecule has 1 amide bonds. The monoisotopic (exact) mass is 350 g/mol. The van der Waals surface area contributed by atoms with Crippen molar-refractivity contribution in [3.63, 3.8) is 0 Å². The van der Waals surface area contributed by atoms with Crippen LogP contribution in [0, 0.1) is 32.8 Å². The van der Waals surface area contributed by atoms with Gasteiger partial charge in [-0.2, -0.15) is 10.5 Å². The smallest absolute Gasteiger partial charge is 0.284 e. The van der Waals surface area contributed by atoms with E-state index in [2.05, 4.69) is 15.9 Å². The molecule has 0 saturated carbocycles. The van der Waals surface area contributed by atoms with Crippen molar-refractivity contribution in [1.82, 2.24) is 4.90 Å². The molecule has 1 rings (SSSR count). The van der Waals surface area contributed by atoms with E-state index in [1.165, 1.54) is 23.1 Å². The number of benzene rings is 1. The van der Waals surface area contributed by atoms with Crippen LogP contribution in [-0.2, 0) is 0 Å². The number of nitro groups is 1. The van der Waals surface area contributed by atoms with Gasteiger partial charge in [-0.15, -0.1) is 0 Å². The Labute approximate surface area is 129 Å². The highest BCUT2D eigenvalue weighted by molar-refractivity contribution is 9.10. The van der Waals surface area contributed by atoms with Gasteiger partial charge < -0.3 is 4.90 Å². The van der Waals surface area contributed by atoms with E-state index >= 15 is 0 Å². The van der Waals surface area contributed by atoms with Gasteiger partial charge in [0.1, 0.15) is 0 Å². The fraction of sp³-hybridized carbons (Fsp3) is 0.308. The van der Waals surface area contributed by atoms with Crippen molar-refractivity contribution in [3.05, 3.63) is 38.3 Å². The number of carbonyl (C=O) groups is 1. The molecule has 0 spiro atoms. The van der Waals surface area contributed by atoms with E-state index < -0.39 is 10.8 Å². The van der Waals surface area contributed by atoms with E-state index in [1.807, 2.05) is 12.1 Å². The molecular formula is C13H11BrN4O3. The van der Waals surface area contributed by atoms with Gasteiger partial charge in [-0.3, -0.25) is 14.9 Å². The summed E-state index contributed by atoms with van der Waals surface area (Å²) in [5.74, 6) is -0.434. The van der Waals surface area contributed by atoms with Crippen LogP contribution in [0.3, 0.4) is 0 Å². The molecule has 0 unspecified atom stereocenters. The zero-order valence-electron chi connectivity index (χ0n) is 11.0. The van der Waals surface area contributed by atoms with Crippen LogP contribution >= 0.6 is 15.9 Å². The maximum atomic E-state index is 12.3. The normalized spacial score (nSPS) is 9.48. The highest BCUT2D eigenvalue weighted by Gasteiger charge is 2.20. The minimum Gasteiger partial charge on any atom is -0.337 e. The second-order valence-electron chi connectivity index (χ2n) is 4.03. The molecule has 0 aromatic heterocycles. The molecule has 7 nitrogen and oxygen atoms in total. The summed E-state index contributed by atoms with van der Waals surface area (Å²) in [6, 6.07) is 7.93. The Balaban J connectivity index is 3.03. The molecule has 0 fully saturated rings. The molecule has 1 aromatic carbocycles. The van der Waals surface area contributed by atoms with Crippen LogP contribution in [0.2, 0.25) is 0 Å². The van der Waals surface area contributed by atoms with Gasteiger partial charge in [-0.25, -0.2) is 0 Å². The number of amides is 1. The summed E-state index contributed by atoms with van der Waals surface area (Å²) >= 11 is 3.05. The average Bonchev–Trinajstić information content (AvgIpc) is 2.47. The minimum atomic E-state index is -0.588. The fourth-order valence-corrected chi connectivity index (χ4v) is 2.04. The fourth-order valence-electron chi connectivity index (χ4n) is 1.65. The first-order valence-corrected chi connectivity index (χ1v) is 6.77. The molecule has 0 bridgehead atoms. The summed E-state index contributed by atoms with van der Waals surface area (Å²) in [7, 11) is 0. The van der Waals surface area contributed by atoms with Gasteiger partial charge in [0.25, 0.3) is 11.6 Å². The lowest BCUT2D eigenvalue weighted by molar-refractivity contribution is -0.385. The second-order valence-corrected chi connectivity index (χ2v) is 4.89. The molecule has 1 aromatic rings. The number of nitriles is 2. The van der Waals surface area contributed by atoms with Gasteiger partial charge in [0.2, 0.25) is 0 Å². The van der Waals surface area contributed by atoms with Gasteiger partial charge in [0.05, 0.1) is 34.4 Å². The predicted octanol–water partition coefficient (Wildman–Crippen LogP) is 2.63. The number of hydrogen-bond acceptors (Lipinski definition) is 5.